The lowest BCUT2D eigenvalue weighted by Crippen LogP contribution is -2.22. The molecule has 0 saturated heterocycles. The zero-order valence-electron chi connectivity index (χ0n) is 20.9. The SMILES string of the molecule is [2H]C([2H])([2H])NC(=O)c1nnc(NC(=O)C2CC2)cc1Nc1cccc(-c2nnc3n2CCC3)c1OC. The third-order valence-electron chi connectivity index (χ3n) is 5.66. The van der Waals surface area contributed by atoms with Crippen LogP contribution in [0.25, 0.3) is 11.4 Å². The van der Waals surface area contributed by atoms with Gasteiger partial charge in [-0.05, 0) is 31.4 Å². The average molecular weight is 452 g/mol. The standard InChI is InChI=1S/C22H24N8O3/c1-23-22(32)18-15(11-16(26-28-18)25-21(31)12-8-9-12)24-14-6-3-5-13(19(14)33-2)20-29-27-17-7-4-10-30(17)20/h3,5-6,11-12H,4,7-10H2,1-2H3,(H,23,32)(H2,24,25,26,31)/i1D3. The van der Waals surface area contributed by atoms with Crippen LogP contribution in [0.15, 0.2) is 24.3 Å². The number of nitrogens with zero attached hydrogens (tertiary/aromatic N) is 5. The summed E-state index contributed by atoms with van der Waals surface area (Å²) in [6, 6.07) is 6.82. The minimum Gasteiger partial charge on any atom is -0.494 e. The first-order valence-electron chi connectivity index (χ1n) is 12.1. The fourth-order valence-corrected chi connectivity index (χ4v) is 3.88. The average Bonchev–Trinajstić information content (AvgIpc) is 3.44. The quantitative estimate of drug-likeness (QED) is 0.497. The van der Waals surface area contributed by atoms with Crippen molar-refractivity contribution in [2.75, 3.05) is 24.7 Å². The van der Waals surface area contributed by atoms with E-state index in [-0.39, 0.29) is 29.0 Å². The molecule has 1 aliphatic heterocycles. The number of hydrogen-bond donors (Lipinski definition) is 3. The summed E-state index contributed by atoms with van der Waals surface area (Å²) in [6.07, 6.45) is 3.45. The van der Waals surface area contributed by atoms with E-state index in [2.05, 4.69) is 31.0 Å². The zero-order chi connectivity index (χ0) is 25.4. The van der Waals surface area contributed by atoms with Gasteiger partial charge in [-0.3, -0.25) is 9.59 Å². The summed E-state index contributed by atoms with van der Waals surface area (Å²) >= 11 is 0. The van der Waals surface area contributed by atoms with Crippen LogP contribution in [0.5, 0.6) is 5.75 Å². The van der Waals surface area contributed by atoms with Gasteiger partial charge < -0.3 is 25.3 Å². The molecule has 1 aliphatic carbocycles. The molecule has 1 fully saturated rings. The van der Waals surface area contributed by atoms with Gasteiger partial charge in [-0.2, -0.15) is 0 Å². The number of rotatable bonds is 7. The molecule has 0 atom stereocenters. The molecule has 1 saturated carbocycles. The van der Waals surface area contributed by atoms with E-state index in [4.69, 9.17) is 8.85 Å². The Kier molecular flexibility index (Phi) is 4.51. The number of ether oxygens (including phenoxy) is 1. The Morgan fingerprint density at radius 2 is 2.06 bits per heavy atom. The van der Waals surface area contributed by atoms with E-state index in [1.165, 1.54) is 13.2 Å². The number of benzene rings is 1. The lowest BCUT2D eigenvalue weighted by molar-refractivity contribution is -0.117. The fraction of sp³-hybridized carbons (Fsp3) is 0.364. The van der Waals surface area contributed by atoms with Crippen molar-refractivity contribution < 1.29 is 18.4 Å². The summed E-state index contributed by atoms with van der Waals surface area (Å²) in [5.74, 6) is 0.943. The van der Waals surface area contributed by atoms with E-state index >= 15 is 0 Å². The summed E-state index contributed by atoms with van der Waals surface area (Å²) in [6.45, 7) is -1.92. The molecule has 3 heterocycles. The Hall–Kier alpha value is -4.02. The summed E-state index contributed by atoms with van der Waals surface area (Å²) in [7, 11) is 1.51. The molecular weight excluding hydrogens is 424 g/mol. The molecule has 5 rings (SSSR count). The first-order valence-corrected chi connectivity index (χ1v) is 10.6. The van der Waals surface area contributed by atoms with Gasteiger partial charge in [0.2, 0.25) is 5.91 Å². The number of carbonyl (C=O) groups excluding carboxylic acids is 2. The number of carbonyl (C=O) groups is 2. The maximum Gasteiger partial charge on any atom is 0.273 e. The van der Waals surface area contributed by atoms with Crippen molar-refractivity contribution in [1.29, 1.82) is 0 Å². The van der Waals surface area contributed by atoms with E-state index in [1.807, 2.05) is 16.0 Å². The lowest BCUT2D eigenvalue weighted by Gasteiger charge is -2.17. The highest BCUT2D eigenvalue weighted by molar-refractivity contribution is 6.00. The van der Waals surface area contributed by atoms with Gasteiger partial charge in [-0.25, -0.2) is 0 Å². The van der Waals surface area contributed by atoms with E-state index in [1.54, 1.807) is 12.1 Å². The third kappa shape index (κ3) is 3.97. The second-order valence-corrected chi connectivity index (χ2v) is 7.92. The van der Waals surface area contributed by atoms with Crippen LogP contribution in [0.2, 0.25) is 0 Å². The molecule has 170 valence electrons. The Morgan fingerprint density at radius 3 is 2.85 bits per heavy atom. The predicted octanol–water partition coefficient (Wildman–Crippen LogP) is 2.14. The van der Waals surface area contributed by atoms with Gasteiger partial charge in [0.05, 0.1) is 24.0 Å². The summed E-state index contributed by atoms with van der Waals surface area (Å²) in [5, 5.41) is 24.1. The minimum absolute atomic E-state index is 0.0663. The van der Waals surface area contributed by atoms with Crippen molar-refractivity contribution in [2.45, 2.75) is 32.2 Å². The van der Waals surface area contributed by atoms with Crippen LogP contribution >= 0.6 is 0 Å². The number of aryl methyl sites for hydroxylation is 1. The first-order chi connectivity index (χ1) is 17.2. The Labute approximate surface area is 194 Å². The number of para-hydroxylation sites is 1. The maximum absolute atomic E-state index is 12.7. The van der Waals surface area contributed by atoms with Crippen LogP contribution in [-0.4, -0.2) is 50.9 Å². The van der Waals surface area contributed by atoms with Crippen molar-refractivity contribution in [3.8, 4) is 17.1 Å². The number of nitrogens with one attached hydrogen (secondary N) is 3. The van der Waals surface area contributed by atoms with Crippen LogP contribution < -0.4 is 20.7 Å². The molecule has 0 unspecified atom stereocenters. The third-order valence-corrected chi connectivity index (χ3v) is 5.66. The van der Waals surface area contributed by atoms with Crippen molar-refractivity contribution in [1.82, 2.24) is 30.3 Å². The van der Waals surface area contributed by atoms with Crippen LogP contribution in [0.3, 0.4) is 0 Å². The van der Waals surface area contributed by atoms with Gasteiger partial charge in [0.15, 0.2) is 23.1 Å². The molecule has 3 N–H and O–H groups in total. The molecule has 0 radical (unpaired) electrons. The molecular formula is C22H24N8O3. The van der Waals surface area contributed by atoms with Crippen LogP contribution in [-0.2, 0) is 17.8 Å². The Morgan fingerprint density at radius 1 is 1.18 bits per heavy atom. The molecule has 11 heteroatoms. The number of anilines is 3. The molecule has 0 spiro atoms. The molecule has 3 aromatic rings. The highest BCUT2D eigenvalue weighted by atomic mass is 16.5. The maximum atomic E-state index is 12.7. The summed E-state index contributed by atoms with van der Waals surface area (Å²) in [5.41, 5.74) is 1.05. The number of aromatic nitrogens is 5. The Balaban J connectivity index is 1.52. The molecule has 2 amide bonds. The molecule has 33 heavy (non-hydrogen) atoms. The molecule has 0 bridgehead atoms. The molecule has 1 aromatic carbocycles. The predicted molar refractivity (Wildman–Crippen MR) is 120 cm³/mol. The van der Waals surface area contributed by atoms with Crippen LogP contribution in [0.1, 0.15) is 39.7 Å². The van der Waals surface area contributed by atoms with E-state index < -0.39 is 12.9 Å². The molecule has 11 nitrogen and oxygen atoms in total. The number of amides is 2. The summed E-state index contributed by atoms with van der Waals surface area (Å²) < 4.78 is 29.8. The van der Waals surface area contributed by atoms with Crippen LogP contribution in [0, 0.1) is 5.92 Å². The van der Waals surface area contributed by atoms with E-state index in [0.717, 1.165) is 38.1 Å². The van der Waals surface area contributed by atoms with E-state index in [9.17, 15) is 9.59 Å². The normalized spacial score (nSPS) is 16.2. The molecule has 2 aliphatic rings. The van der Waals surface area contributed by atoms with Crippen molar-refractivity contribution in [3.05, 3.63) is 35.8 Å². The topological polar surface area (TPSA) is 136 Å². The first kappa shape index (κ1) is 17.5. The van der Waals surface area contributed by atoms with Crippen molar-refractivity contribution in [2.24, 2.45) is 5.92 Å². The van der Waals surface area contributed by atoms with E-state index in [0.29, 0.717) is 22.8 Å². The van der Waals surface area contributed by atoms with Gasteiger partial charge in [0.25, 0.3) is 5.91 Å². The Bertz CT molecular complexity index is 1340. The van der Waals surface area contributed by atoms with Crippen molar-refractivity contribution >= 4 is 29.0 Å². The second kappa shape index (κ2) is 8.49. The van der Waals surface area contributed by atoms with Gasteiger partial charge in [-0.1, -0.05) is 6.07 Å². The number of fused-ring (bicyclic) bond motifs is 1. The number of methoxy groups -OCH3 is 1. The fourth-order valence-electron chi connectivity index (χ4n) is 3.88. The van der Waals surface area contributed by atoms with Crippen LogP contribution in [0.4, 0.5) is 17.2 Å². The lowest BCUT2D eigenvalue weighted by atomic mass is 10.1. The molecule has 2 aromatic heterocycles. The zero-order valence-corrected chi connectivity index (χ0v) is 17.9. The van der Waals surface area contributed by atoms with Crippen molar-refractivity contribution in [3.63, 3.8) is 0 Å². The van der Waals surface area contributed by atoms with Gasteiger partial charge in [0.1, 0.15) is 5.82 Å². The van der Waals surface area contributed by atoms with Gasteiger partial charge >= 0.3 is 0 Å². The smallest absolute Gasteiger partial charge is 0.273 e. The largest absolute Gasteiger partial charge is 0.494 e. The second-order valence-electron chi connectivity index (χ2n) is 7.92. The highest BCUT2D eigenvalue weighted by Crippen LogP contribution is 2.39. The highest BCUT2D eigenvalue weighted by Gasteiger charge is 2.30. The minimum atomic E-state index is -2.72. The number of hydrogen-bond acceptors (Lipinski definition) is 8. The van der Waals surface area contributed by atoms with Gasteiger partial charge in [0, 0.05) is 36.0 Å². The van der Waals surface area contributed by atoms with Gasteiger partial charge in [-0.15, -0.1) is 20.4 Å². The summed E-state index contributed by atoms with van der Waals surface area (Å²) in [4.78, 5) is 24.9. The monoisotopic (exact) mass is 451 g/mol.